The Balaban J connectivity index is 1.39. The first-order chi connectivity index (χ1) is 14.5. The zero-order chi connectivity index (χ0) is 21.1. The lowest BCUT2D eigenvalue weighted by molar-refractivity contribution is -0.124. The molecule has 0 saturated carbocycles. The van der Waals surface area contributed by atoms with Crippen LogP contribution in [0.25, 0.3) is 10.8 Å². The van der Waals surface area contributed by atoms with Crippen molar-refractivity contribution in [1.82, 2.24) is 5.32 Å². The van der Waals surface area contributed by atoms with Crippen LogP contribution in [0.3, 0.4) is 0 Å². The molecule has 7 heteroatoms. The van der Waals surface area contributed by atoms with Crippen LogP contribution in [0.1, 0.15) is 28.9 Å². The summed E-state index contributed by atoms with van der Waals surface area (Å²) in [5.41, 5.74) is 1.13. The summed E-state index contributed by atoms with van der Waals surface area (Å²) in [5.74, 6) is 0.684. The van der Waals surface area contributed by atoms with E-state index in [0.717, 1.165) is 16.3 Å². The molecular weight excluding hydrogens is 386 g/mol. The summed E-state index contributed by atoms with van der Waals surface area (Å²) in [6.07, 6.45) is 0. The number of rotatable bonds is 6. The van der Waals surface area contributed by atoms with Gasteiger partial charge in [0.1, 0.15) is 11.3 Å². The molecular formula is C23H21NO6. The van der Waals surface area contributed by atoms with Crippen molar-refractivity contribution in [1.29, 1.82) is 0 Å². The smallest absolute Gasteiger partial charge is 0.342 e. The molecule has 1 aliphatic rings. The quantitative estimate of drug-likeness (QED) is 0.629. The lowest BCUT2D eigenvalue weighted by Crippen LogP contribution is -2.31. The molecule has 3 aromatic rings. The van der Waals surface area contributed by atoms with Gasteiger partial charge in [-0.15, -0.1) is 0 Å². The summed E-state index contributed by atoms with van der Waals surface area (Å²) in [6, 6.07) is 16.3. The Morgan fingerprint density at radius 1 is 1.03 bits per heavy atom. The predicted molar refractivity (Wildman–Crippen MR) is 110 cm³/mol. The monoisotopic (exact) mass is 407 g/mol. The SMILES string of the molecule is COc1cc2ccccc2cc1C(=O)OCC(=O)N[C@H](C)c1ccc2c(c1)OCO2. The molecule has 0 radical (unpaired) electrons. The summed E-state index contributed by atoms with van der Waals surface area (Å²) in [7, 11) is 1.49. The number of benzene rings is 3. The number of ether oxygens (including phenoxy) is 4. The van der Waals surface area contributed by atoms with Crippen LogP contribution in [0.2, 0.25) is 0 Å². The van der Waals surface area contributed by atoms with Gasteiger partial charge in [-0.1, -0.05) is 30.3 Å². The van der Waals surface area contributed by atoms with Gasteiger partial charge < -0.3 is 24.3 Å². The average molecular weight is 407 g/mol. The standard InChI is InChI=1S/C23H21NO6/c1-14(15-7-8-19-21(10-15)30-13-29-19)24-22(25)12-28-23(26)18-9-16-5-3-4-6-17(16)11-20(18)27-2/h3-11,14H,12-13H2,1-2H3,(H,24,25)/t14-/m1/s1. The Bertz CT molecular complexity index is 1110. The van der Waals surface area contributed by atoms with Crippen LogP contribution >= 0.6 is 0 Å². The Hall–Kier alpha value is -3.74. The third-order valence-electron chi connectivity index (χ3n) is 4.90. The summed E-state index contributed by atoms with van der Waals surface area (Å²) in [6.45, 7) is 1.63. The van der Waals surface area contributed by atoms with Crippen molar-refractivity contribution in [3.8, 4) is 17.2 Å². The van der Waals surface area contributed by atoms with Crippen LogP contribution in [0.5, 0.6) is 17.2 Å². The van der Waals surface area contributed by atoms with Crippen molar-refractivity contribution in [3.05, 3.63) is 65.7 Å². The highest BCUT2D eigenvalue weighted by Crippen LogP contribution is 2.34. The number of carbonyl (C=O) groups excluding carboxylic acids is 2. The van der Waals surface area contributed by atoms with E-state index < -0.39 is 18.5 Å². The molecule has 4 rings (SSSR count). The summed E-state index contributed by atoms with van der Waals surface area (Å²) < 4.78 is 21.2. The van der Waals surface area contributed by atoms with Crippen LogP contribution in [0.4, 0.5) is 0 Å². The Morgan fingerprint density at radius 3 is 2.53 bits per heavy atom. The molecule has 1 aliphatic heterocycles. The van der Waals surface area contributed by atoms with E-state index in [9.17, 15) is 9.59 Å². The largest absolute Gasteiger partial charge is 0.496 e. The number of fused-ring (bicyclic) bond motifs is 2. The van der Waals surface area contributed by atoms with E-state index in [1.807, 2.05) is 43.3 Å². The molecule has 1 heterocycles. The zero-order valence-corrected chi connectivity index (χ0v) is 16.6. The highest BCUT2D eigenvalue weighted by molar-refractivity contribution is 5.99. The molecule has 0 saturated heterocycles. The first-order valence-electron chi connectivity index (χ1n) is 9.48. The molecule has 0 aromatic heterocycles. The van der Waals surface area contributed by atoms with Crippen molar-refractivity contribution >= 4 is 22.6 Å². The minimum atomic E-state index is -0.622. The fourth-order valence-electron chi connectivity index (χ4n) is 3.31. The van der Waals surface area contributed by atoms with E-state index >= 15 is 0 Å². The topological polar surface area (TPSA) is 83.1 Å². The molecule has 30 heavy (non-hydrogen) atoms. The molecule has 1 N–H and O–H groups in total. The summed E-state index contributed by atoms with van der Waals surface area (Å²) in [4.78, 5) is 24.8. The number of hydrogen-bond acceptors (Lipinski definition) is 6. The normalized spacial score (nSPS) is 13.0. The van der Waals surface area contributed by atoms with Crippen molar-refractivity contribution in [3.63, 3.8) is 0 Å². The lowest BCUT2D eigenvalue weighted by Gasteiger charge is -2.15. The third-order valence-corrected chi connectivity index (χ3v) is 4.90. The van der Waals surface area contributed by atoms with Gasteiger partial charge in [0.15, 0.2) is 18.1 Å². The number of methoxy groups -OCH3 is 1. The number of esters is 1. The number of hydrogen-bond donors (Lipinski definition) is 1. The van der Waals surface area contributed by atoms with Crippen molar-refractivity contribution in [2.45, 2.75) is 13.0 Å². The summed E-state index contributed by atoms with van der Waals surface area (Å²) in [5, 5.41) is 4.63. The zero-order valence-electron chi connectivity index (χ0n) is 16.6. The van der Waals surface area contributed by atoms with Gasteiger partial charge in [0.25, 0.3) is 5.91 Å². The van der Waals surface area contributed by atoms with Crippen molar-refractivity contribution in [2.75, 3.05) is 20.5 Å². The molecule has 1 amide bonds. The molecule has 0 aliphatic carbocycles. The van der Waals surface area contributed by atoms with Crippen LogP contribution in [-0.4, -0.2) is 32.4 Å². The molecule has 7 nitrogen and oxygen atoms in total. The first kappa shape index (κ1) is 19.6. The third kappa shape index (κ3) is 4.00. The van der Waals surface area contributed by atoms with Crippen LogP contribution in [-0.2, 0) is 9.53 Å². The minimum Gasteiger partial charge on any atom is -0.496 e. The number of carbonyl (C=O) groups is 2. The average Bonchev–Trinajstić information content (AvgIpc) is 3.24. The highest BCUT2D eigenvalue weighted by atomic mass is 16.7. The fourth-order valence-corrected chi connectivity index (χ4v) is 3.31. The van der Waals surface area contributed by atoms with E-state index in [2.05, 4.69) is 5.32 Å². The van der Waals surface area contributed by atoms with E-state index in [1.54, 1.807) is 18.2 Å². The van der Waals surface area contributed by atoms with Gasteiger partial charge in [-0.3, -0.25) is 4.79 Å². The minimum absolute atomic E-state index is 0.188. The van der Waals surface area contributed by atoms with Gasteiger partial charge in [-0.05, 0) is 47.5 Å². The highest BCUT2D eigenvalue weighted by Gasteiger charge is 2.19. The molecule has 0 bridgehead atoms. The maximum absolute atomic E-state index is 12.5. The van der Waals surface area contributed by atoms with Gasteiger partial charge in [0, 0.05) is 0 Å². The van der Waals surface area contributed by atoms with Gasteiger partial charge in [-0.2, -0.15) is 0 Å². The van der Waals surface area contributed by atoms with Crippen molar-refractivity contribution in [2.24, 2.45) is 0 Å². The fraction of sp³-hybridized carbons (Fsp3) is 0.217. The van der Waals surface area contributed by atoms with E-state index in [4.69, 9.17) is 18.9 Å². The Labute approximate surface area is 173 Å². The summed E-state index contributed by atoms with van der Waals surface area (Å²) >= 11 is 0. The second-order valence-corrected chi connectivity index (χ2v) is 6.88. The first-order valence-corrected chi connectivity index (χ1v) is 9.48. The maximum Gasteiger partial charge on any atom is 0.342 e. The van der Waals surface area contributed by atoms with Gasteiger partial charge in [0.05, 0.1) is 13.2 Å². The van der Waals surface area contributed by atoms with Gasteiger partial charge in [0.2, 0.25) is 6.79 Å². The Morgan fingerprint density at radius 2 is 1.77 bits per heavy atom. The van der Waals surface area contributed by atoms with E-state index in [0.29, 0.717) is 17.2 Å². The van der Waals surface area contributed by atoms with Gasteiger partial charge >= 0.3 is 5.97 Å². The predicted octanol–water partition coefficient (Wildman–Crippen LogP) is 3.61. The van der Waals surface area contributed by atoms with E-state index in [-0.39, 0.29) is 18.4 Å². The van der Waals surface area contributed by atoms with Crippen LogP contribution in [0.15, 0.2) is 54.6 Å². The van der Waals surface area contributed by atoms with E-state index in [1.165, 1.54) is 7.11 Å². The maximum atomic E-state index is 12.5. The second kappa shape index (κ2) is 8.32. The van der Waals surface area contributed by atoms with Crippen LogP contribution in [0, 0.1) is 0 Å². The second-order valence-electron chi connectivity index (χ2n) is 6.88. The Kier molecular flexibility index (Phi) is 5.43. The number of amides is 1. The molecule has 1 atom stereocenters. The number of nitrogens with one attached hydrogen (secondary N) is 1. The lowest BCUT2D eigenvalue weighted by atomic mass is 10.1. The molecule has 0 fully saturated rings. The molecule has 3 aromatic carbocycles. The molecule has 0 spiro atoms. The van der Waals surface area contributed by atoms with Gasteiger partial charge in [-0.25, -0.2) is 4.79 Å². The van der Waals surface area contributed by atoms with Crippen molar-refractivity contribution < 1.29 is 28.5 Å². The van der Waals surface area contributed by atoms with Crippen LogP contribution < -0.4 is 19.5 Å². The molecule has 154 valence electrons. The molecule has 0 unspecified atom stereocenters.